The highest BCUT2D eigenvalue weighted by Gasteiger charge is 2.09. The number of benzene rings is 2. The molecule has 0 spiro atoms. The highest BCUT2D eigenvalue weighted by molar-refractivity contribution is 5.92. The third kappa shape index (κ3) is 3.83. The van der Waals surface area contributed by atoms with Crippen LogP contribution >= 0.6 is 0 Å². The molecule has 3 aromatic rings. The molecule has 0 saturated heterocycles. The second-order valence-corrected chi connectivity index (χ2v) is 5.64. The molecule has 0 aliphatic carbocycles. The van der Waals surface area contributed by atoms with Gasteiger partial charge in [0.2, 0.25) is 0 Å². The predicted molar refractivity (Wildman–Crippen MR) is 99.3 cm³/mol. The lowest BCUT2D eigenvalue weighted by atomic mass is 10.1. The zero-order chi connectivity index (χ0) is 17.6. The molecule has 0 fully saturated rings. The summed E-state index contributed by atoms with van der Waals surface area (Å²) < 4.78 is 16.0. The van der Waals surface area contributed by atoms with Gasteiger partial charge in [0.25, 0.3) is 0 Å². The first-order valence-corrected chi connectivity index (χ1v) is 8.07. The molecule has 5 heteroatoms. The Morgan fingerprint density at radius 1 is 0.960 bits per heavy atom. The van der Waals surface area contributed by atoms with Gasteiger partial charge in [0.05, 0.1) is 32.0 Å². The molecule has 130 valence electrons. The van der Waals surface area contributed by atoms with Crippen LogP contribution in [0.1, 0.15) is 11.3 Å². The molecule has 0 unspecified atom stereocenters. The van der Waals surface area contributed by atoms with E-state index in [0.29, 0.717) is 13.2 Å². The Labute approximate surface area is 147 Å². The highest BCUT2D eigenvalue weighted by Crippen LogP contribution is 2.29. The monoisotopic (exact) mass is 338 g/mol. The van der Waals surface area contributed by atoms with Gasteiger partial charge in [-0.05, 0) is 30.3 Å². The molecule has 0 aliphatic heterocycles. The molecule has 1 N–H and O–H groups in total. The number of ether oxygens (including phenoxy) is 3. The van der Waals surface area contributed by atoms with Gasteiger partial charge in [-0.15, -0.1) is 0 Å². The van der Waals surface area contributed by atoms with Crippen molar-refractivity contribution in [2.75, 3.05) is 26.6 Å². The quantitative estimate of drug-likeness (QED) is 0.705. The molecular weight excluding hydrogens is 316 g/mol. The number of pyridine rings is 1. The number of nitrogens with one attached hydrogen (secondary N) is 1. The lowest BCUT2D eigenvalue weighted by molar-refractivity contribution is 0.182. The Morgan fingerprint density at radius 2 is 1.80 bits per heavy atom. The summed E-state index contributed by atoms with van der Waals surface area (Å²) >= 11 is 0. The molecule has 0 radical (unpaired) electrons. The van der Waals surface area contributed by atoms with Crippen LogP contribution in [0.25, 0.3) is 10.9 Å². The Balaban J connectivity index is 1.97. The number of nitrogens with zero attached hydrogens (tertiary/aromatic N) is 1. The van der Waals surface area contributed by atoms with Gasteiger partial charge in [-0.1, -0.05) is 18.2 Å². The summed E-state index contributed by atoms with van der Waals surface area (Å²) in [4.78, 5) is 4.64. The van der Waals surface area contributed by atoms with E-state index in [2.05, 4.69) is 10.3 Å². The van der Waals surface area contributed by atoms with Crippen molar-refractivity contribution in [1.82, 2.24) is 4.98 Å². The van der Waals surface area contributed by atoms with Crippen LogP contribution in [-0.4, -0.2) is 26.3 Å². The van der Waals surface area contributed by atoms with Gasteiger partial charge in [0.15, 0.2) is 0 Å². The zero-order valence-electron chi connectivity index (χ0n) is 14.7. The highest BCUT2D eigenvalue weighted by atomic mass is 16.5. The molecule has 0 atom stereocenters. The molecule has 0 aliphatic rings. The van der Waals surface area contributed by atoms with Gasteiger partial charge in [0, 0.05) is 30.3 Å². The SMILES string of the molecule is COCc1cc(NCc2ccccc2OC)c2cc(OC)ccc2n1. The summed E-state index contributed by atoms with van der Waals surface area (Å²) in [6.07, 6.45) is 0. The van der Waals surface area contributed by atoms with Crippen LogP contribution in [0.15, 0.2) is 48.5 Å². The molecule has 0 amide bonds. The second-order valence-electron chi connectivity index (χ2n) is 5.64. The van der Waals surface area contributed by atoms with Gasteiger partial charge in [0.1, 0.15) is 11.5 Å². The minimum absolute atomic E-state index is 0.464. The van der Waals surface area contributed by atoms with Crippen molar-refractivity contribution in [3.63, 3.8) is 0 Å². The van der Waals surface area contributed by atoms with E-state index in [4.69, 9.17) is 14.2 Å². The fourth-order valence-corrected chi connectivity index (χ4v) is 2.79. The lowest BCUT2D eigenvalue weighted by Crippen LogP contribution is -2.04. The van der Waals surface area contributed by atoms with Gasteiger partial charge in [-0.25, -0.2) is 0 Å². The van der Waals surface area contributed by atoms with E-state index < -0.39 is 0 Å². The van der Waals surface area contributed by atoms with Gasteiger partial charge < -0.3 is 19.5 Å². The number of hydrogen-bond donors (Lipinski definition) is 1. The normalized spacial score (nSPS) is 10.7. The number of methoxy groups -OCH3 is 3. The Hall–Kier alpha value is -2.79. The molecule has 0 bridgehead atoms. The molecule has 1 heterocycles. The first kappa shape index (κ1) is 17.0. The van der Waals surface area contributed by atoms with Crippen LogP contribution in [0.4, 0.5) is 5.69 Å². The van der Waals surface area contributed by atoms with Crippen LogP contribution in [0.5, 0.6) is 11.5 Å². The minimum Gasteiger partial charge on any atom is -0.497 e. The molecule has 1 aromatic heterocycles. The average molecular weight is 338 g/mol. The van der Waals surface area contributed by atoms with Crippen molar-refractivity contribution in [3.05, 3.63) is 59.8 Å². The maximum absolute atomic E-state index is 5.43. The molecule has 25 heavy (non-hydrogen) atoms. The van der Waals surface area contributed by atoms with Crippen LogP contribution < -0.4 is 14.8 Å². The van der Waals surface area contributed by atoms with Crippen molar-refractivity contribution in [1.29, 1.82) is 0 Å². The van der Waals surface area contributed by atoms with Crippen LogP contribution in [-0.2, 0) is 17.9 Å². The number of anilines is 1. The molecule has 5 nitrogen and oxygen atoms in total. The van der Waals surface area contributed by atoms with Crippen LogP contribution in [0.3, 0.4) is 0 Å². The smallest absolute Gasteiger partial charge is 0.123 e. The van der Waals surface area contributed by atoms with E-state index >= 15 is 0 Å². The van der Waals surface area contributed by atoms with Crippen LogP contribution in [0.2, 0.25) is 0 Å². The summed E-state index contributed by atoms with van der Waals surface area (Å²) in [6, 6.07) is 15.9. The number of rotatable bonds is 7. The van der Waals surface area contributed by atoms with Gasteiger partial charge >= 0.3 is 0 Å². The first-order chi connectivity index (χ1) is 12.2. The van der Waals surface area contributed by atoms with E-state index in [-0.39, 0.29) is 0 Å². The van der Waals surface area contributed by atoms with Crippen molar-refractivity contribution < 1.29 is 14.2 Å². The summed E-state index contributed by atoms with van der Waals surface area (Å²) in [6.45, 7) is 1.11. The molecule has 3 rings (SSSR count). The fraction of sp³-hybridized carbons (Fsp3) is 0.250. The maximum Gasteiger partial charge on any atom is 0.123 e. The van der Waals surface area contributed by atoms with Crippen molar-refractivity contribution in [3.8, 4) is 11.5 Å². The fourth-order valence-electron chi connectivity index (χ4n) is 2.79. The van der Waals surface area contributed by atoms with Gasteiger partial charge in [-0.2, -0.15) is 0 Å². The Morgan fingerprint density at radius 3 is 2.56 bits per heavy atom. The van der Waals surface area contributed by atoms with Crippen LogP contribution in [0, 0.1) is 0 Å². The molecular formula is C20H22N2O3. The second kappa shape index (κ2) is 7.85. The third-order valence-corrected chi connectivity index (χ3v) is 4.02. The average Bonchev–Trinajstić information content (AvgIpc) is 2.66. The van der Waals surface area contributed by atoms with E-state index in [9.17, 15) is 0 Å². The minimum atomic E-state index is 0.464. The first-order valence-electron chi connectivity index (χ1n) is 8.07. The lowest BCUT2D eigenvalue weighted by Gasteiger charge is -2.14. The number of fused-ring (bicyclic) bond motifs is 1. The van der Waals surface area contributed by atoms with E-state index in [1.807, 2.05) is 48.5 Å². The van der Waals surface area contributed by atoms with E-state index in [1.54, 1.807) is 21.3 Å². The number of para-hydroxylation sites is 1. The summed E-state index contributed by atoms with van der Waals surface area (Å²) in [5.74, 6) is 1.66. The van der Waals surface area contributed by atoms with Crippen molar-refractivity contribution in [2.45, 2.75) is 13.2 Å². The zero-order valence-corrected chi connectivity index (χ0v) is 14.7. The number of aromatic nitrogens is 1. The largest absolute Gasteiger partial charge is 0.497 e. The Bertz CT molecular complexity index is 865. The van der Waals surface area contributed by atoms with Crippen molar-refractivity contribution in [2.24, 2.45) is 0 Å². The van der Waals surface area contributed by atoms with E-state index in [1.165, 1.54) is 0 Å². The summed E-state index contributed by atoms with van der Waals surface area (Å²) in [7, 11) is 5.01. The van der Waals surface area contributed by atoms with E-state index in [0.717, 1.165) is 39.3 Å². The molecule has 0 saturated carbocycles. The molecule has 2 aromatic carbocycles. The number of hydrogen-bond acceptors (Lipinski definition) is 5. The Kier molecular flexibility index (Phi) is 5.36. The van der Waals surface area contributed by atoms with Crippen molar-refractivity contribution >= 4 is 16.6 Å². The predicted octanol–water partition coefficient (Wildman–Crippen LogP) is 4.01. The summed E-state index contributed by atoms with van der Waals surface area (Å²) in [5, 5.41) is 4.51. The standard InChI is InChI=1S/C20H22N2O3/c1-23-13-15-10-19(17-11-16(24-2)8-9-18(17)22-15)21-12-14-6-4-5-7-20(14)25-3/h4-11H,12-13H2,1-3H3,(H,21,22). The maximum atomic E-state index is 5.43. The van der Waals surface area contributed by atoms with Gasteiger partial charge in [-0.3, -0.25) is 4.98 Å². The third-order valence-electron chi connectivity index (χ3n) is 4.02. The summed E-state index contributed by atoms with van der Waals surface area (Å²) in [5.41, 5.74) is 3.86. The topological polar surface area (TPSA) is 52.6 Å².